The highest BCUT2D eigenvalue weighted by Gasteiger charge is 2.37. The molecule has 34 heavy (non-hydrogen) atoms. The van der Waals surface area contributed by atoms with Crippen LogP contribution in [-0.2, 0) is 11.2 Å². The number of amides is 1. The van der Waals surface area contributed by atoms with Gasteiger partial charge in [0.2, 0.25) is 5.91 Å². The molecule has 1 amide bonds. The lowest BCUT2D eigenvalue weighted by atomic mass is 9.86. The summed E-state index contributed by atoms with van der Waals surface area (Å²) in [5.74, 6) is -1.49. The molecule has 0 saturated carbocycles. The van der Waals surface area contributed by atoms with Crippen LogP contribution in [0.1, 0.15) is 40.6 Å². The third kappa shape index (κ3) is 4.61. The van der Waals surface area contributed by atoms with E-state index < -0.39 is 5.92 Å². The molecule has 1 unspecified atom stereocenters. The number of hydrogen-bond donors (Lipinski definition) is 1. The van der Waals surface area contributed by atoms with Crippen molar-refractivity contribution in [2.75, 3.05) is 26.2 Å². The maximum atomic E-state index is 14.2. The molecule has 1 N–H and O–H groups in total. The number of carbonyl (C=O) groups is 1. The van der Waals surface area contributed by atoms with E-state index in [0.29, 0.717) is 30.8 Å². The van der Waals surface area contributed by atoms with E-state index in [4.69, 9.17) is 0 Å². The van der Waals surface area contributed by atoms with Crippen LogP contribution in [0.4, 0.5) is 8.78 Å². The fraction of sp³-hybridized carbons (Fsp3) is 0.321. The molecule has 2 aliphatic heterocycles. The predicted molar refractivity (Wildman–Crippen MR) is 126 cm³/mol. The minimum Gasteiger partial charge on any atom is -0.392 e. The number of likely N-dealkylation sites (tertiary alicyclic amines) is 1. The minimum atomic E-state index is -0.668. The third-order valence-electron chi connectivity index (χ3n) is 7.03. The second kappa shape index (κ2) is 9.65. The zero-order valence-corrected chi connectivity index (χ0v) is 18.9. The van der Waals surface area contributed by atoms with Gasteiger partial charge < -0.3 is 10.0 Å². The normalized spacial score (nSPS) is 20.5. The second-order valence-corrected chi connectivity index (χ2v) is 9.23. The lowest BCUT2D eigenvalue weighted by Crippen LogP contribution is -2.46. The van der Waals surface area contributed by atoms with E-state index >= 15 is 0 Å². The number of rotatable bonds is 5. The van der Waals surface area contributed by atoms with Crippen LogP contribution in [0.5, 0.6) is 0 Å². The van der Waals surface area contributed by atoms with Crippen LogP contribution >= 0.6 is 0 Å². The molecule has 6 heteroatoms. The van der Waals surface area contributed by atoms with Crippen molar-refractivity contribution in [3.05, 3.63) is 107 Å². The number of aliphatic hydroxyl groups excluding tert-OH is 1. The number of halogens is 2. The summed E-state index contributed by atoms with van der Waals surface area (Å²) in [5.41, 5.74) is 3.70. The molecular formula is C28H28F2N2O2. The van der Waals surface area contributed by atoms with Gasteiger partial charge in [-0.15, -0.1) is 0 Å². The van der Waals surface area contributed by atoms with Gasteiger partial charge in [0.05, 0.1) is 18.1 Å². The van der Waals surface area contributed by atoms with Gasteiger partial charge in [-0.1, -0.05) is 48.5 Å². The molecule has 0 aliphatic carbocycles. The number of aliphatic hydroxyl groups is 1. The van der Waals surface area contributed by atoms with Gasteiger partial charge in [0.15, 0.2) is 0 Å². The summed E-state index contributed by atoms with van der Waals surface area (Å²) in [6, 6.07) is 20.0. The van der Waals surface area contributed by atoms with Crippen molar-refractivity contribution in [1.82, 2.24) is 9.80 Å². The Morgan fingerprint density at radius 1 is 0.912 bits per heavy atom. The van der Waals surface area contributed by atoms with E-state index in [-0.39, 0.29) is 29.7 Å². The number of carbonyl (C=O) groups excluding carboxylic acids is 1. The van der Waals surface area contributed by atoms with Crippen molar-refractivity contribution in [2.45, 2.75) is 30.9 Å². The minimum absolute atomic E-state index is 0.0857. The first-order chi connectivity index (χ1) is 16.5. The fourth-order valence-electron chi connectivity index (χ4n) is 5.29. The molecule has 5 rings (SSSR count). The van der Waals surface area contributed by atoms with Crippen LogP contribution in [-0.4, -0.2) is 53.1 Å². The highest BCUT2D eigenvalue weighted by Crippen LogP contribution is 2.36. The molecule has 0 bridgehead atoms. The summed E-state index contributed by atoms with van der Waals surface area (Å²) in [7, 11) is 0. The number of β-amino-alcohol motifs (C(OH)–C–C–N with tert-alkyl or cyclic N) is 1. The molecule has 2 atom stereocenters. The van der Waals surface area contributed by atoms with Gasteiger partial charge in [0.25, 0.3) is 0 Å². The van der Waals surface area contributed by atoms with E-state index in [1.165, 1.54) is 29.8 Å². The standard InChI is InChI=1S/C28H28F2N2O2/c29-22-9-5-20(6-10-22)27(21-7-11-23(30)12-8-21)28(34)32-16-13-19-3-1-2-4-25(19)26(32)18-31-15-14-24(33)17-31/h1-12,24,26-27,33H,13-18H2/t24-,26?/m0/s1. The smallest absolute Gasteiger partial charge is 0.235 e. The Morgan fingerprint density at radius 3 is 2.12 bits per heavy atom. The van der Waals surface area contributed by atoms with Crippen LogP contribution in [0.25, 0.3) is 0 Å². The summed E-state index contributed by atoms with van der Waals surface area (Å²) in [6.07, 6.45) is 1.14. The summed E-state index contributed by atoms with van der Waals surface area (Å²) < 4.78 is 27.4. The maximum absolute atomic E-state index is 14.2. The second-order valence-electron chi connectivity index (χ2n) is 9.23. The van der Waals surface area contributed by atoms with Crippen molar-refractivity contribution < 1.29 is 18.7 Å². The Bertz CT molecular complexity index is 1100. The van der Waals surface area contributed by atoms with E-state index in [1.807, 2.05) is 17.0 Å². The fourth-order valence-corrected chi connectivity index (χ4v) is 5.29. The zero-order chi connectivity index (χ0) is 23.7. The molecule has 1 saturated heterocycles. The van der Waals surface area contributed by atoms with Gasteiger partial charge in [-0.2, -0.15) is 0 Å². The Kier molecular flexibility index (Phi) is 6.44. The molecule has 2 aliphatic rings. The van der Waals surface area contributed by atoms with E-state index in [9.17, 15) is 18.7 Å². The highest BCUT2D eigenvalue weighted by molar-refractivity contribution is 5.88. The average Bonchev–Trinajstić information content (AvgIpc) is 3.26. The van der Waals surface area contributed by atoms with Crippen LogP contribution < -0.4 is 0 Å². The molecule has 3 aromatic rings. The van der Waals surface area contributed by atoms with E-state index in [2.05, 4.69) is 17.0 Å². The van der Waals surface area contributed by atoms with E-state index in [1.54, 1.807) is 24.3 Å². The van der Waals surface area contributed by atoms with Crippen LogP contribution in [0.3, 0.4) is 0 Å². The van der Waals surface area contributed by atoms with Crippen molar-refractivity contribution in [3.63, 3.8) is 0 Å². The Labute approximate surface area is 198 Å². The number of hydrogen-bond acceptors (Lipinski definition) is 3. The van der Waals surface area contributed by atoms with Crippen molar-refractivity contribution in [1.29, 1.82) is 0 Å². The van der Waals surface area contributed by atoms with E-state index in [0.717, 1.165) is 24.9 Å². The quantitative estimate of drug-likeness (QED) is 0.615. The lowest BCUT2D eigenvalue weighted by molar-refractivity contribution is -0.135. The summed E-state index contributed by atoms with van der Waals surface area (Å²) in [4.78, 5) is 18.3. The van der Waals surface area contributed by atoms with Crippen molar-refractivity contribution in [3.8, 4) is 0 Å². The number of nitrogens with zero attached hydrogens (tertiary/aromatic N) is 2. The van der Waals surface area contributed by atoms with Crippen LogP contribution in [0.2, 0.25) is 0 Å². The Balaban J connectivity index is 1.53. The molecule has 0 aromatic heterocycles. The predicted octanol–water partition coefficient (Wildman–Crippen LogP) is 4.29. The van der Waals surface area contributed by atoms with Gasteiger partial charge >= 0.3 is 0 Å². The average molecular weight is 463 g/mol. The molecular weight excluding hydrogens is 434 g/mol. The summed E-state index contributed by atoms with van der Waals surface area (Å²) in [6.45, 7) is 2.59. The largest absolute Gasteiger partial charge is 0.392 e. The van der Waals surface area contributed by atoms with Gasteiger partial charge in [-0.3, -0.25) is 9.69 Å². The monoisotopic (exact) mass is 462 g/mol. The van der Waals surface area contributed by atoms with Gasteiger partial charge in [-0.05, 0) is 59.4 Å². The highest BCUT2D eigenvalue weighted by atomic mass is 19.1. The molecule has 2 heterocycles. The number of fused-ring (bicyclic) bond motifs is 1. The van der Waals surface area contributed by atoms with Gasteiger partial charge in [0, 0.05) is 26.2 Å². The first kappa shape index (κ1) is 22.7. The molecule has 4 nitrogen and oxygen atoms in total. The van der Waals surface area contributed by atoms with Gasteiger partial charge in [0.1, 0.15) is 11.6 Å². The zero-order valence-electron chi connectivity index (χ0n) is 18.9. The lowest BCUT2D eigenvalue weighted by Gasteiger charge is -2.41. The summed E-state index contributed by atoms with van der Waals surface area (Å²) in [5, 5.41) is 10.0. The molecule has 0 radical (unpaired) electrons. The van der Waals surface area contributed by atoms with Crippen molar-refractivity contribution in [2.24, 2.45) is 0 Å². The molecule has 1 fully saturated rings. The third-order valence-corrected chi connectivity index (χ3v) is 7.03. The van der Waals surface area contributed by atoms with Gasteiger partial charge in [-0.25, -0.2) is 8.78 Å². The first-order valence-electron chi connectivity index (χ1n) is 11.8. The SMILES string of the molecule is O=C(C(c1ccc(F)cc1)c1ccc(F)cc1)N1CCc2ccccc2C1CN1CC[C@H](O)C1. The first-order valence-corrected chi connectivity index (χ1v) is 11.8. The van der Waals surface area contributed by atoms with Crippen LogP contribution in [0.15, 0.2) is 72.8 Å². The summed E-state index contributed by atoms with van der Waals surface area (Å²) >= 11 is 0. The number of benzene rings is 3. The Morgan fingerprint density at radius 2 is 1.53 bits per heavy atom. The molecule has 0 spiro atoms. The molecule has 176 valence electrons. The van der Waals surface area contributed by atoms with Crippen molar-refractivity contribution >= 4 is 5.91 Å². The topological polar surface area (TPSA) is 43.8 Å². The maximum Gasteiger partial charge on any atom is 0.235 e. The van der Waals surface area contributed by atoms with Crippen LogP contribution in [0, 0.1) is 11.6 Å². The Hall–Kier alpha value is -3.09. The molecule has 3 aromatic carbocycles.